The molecule has 23 heavy (non-hydrogen) atoms. The highest BCUT2D eigenvalue weighted by Crippen LogP contribution is 2.29. The van der Waals surface area contributed by atoms with Gasteiger partial charge in [-0.15, -0.1) is 0 Å². The molecule has 124 valence electrons. The van der Waals surface area contributed by atoms with Crippen LogP contribution < -0.4 is 10.6 Å². The van der Waals surface area contributed by atoms with Crippen LogP contribution in [-0.4, -0.2) is 16.3 Å². The number of aliphatic hydroxyl groups excluding tert-OH is 1. The van der Waals surface area contributed by atoms with Crippen LogP contribution in [-0.2, 0) is 25.9 Å². The van der Waals surface area contributed by atoms with Gasteiger partial charge in [0.05, 0.1) is 13.2 Å². The molecular formula is C14H14F3N3O3. The van der Waals surface area contributed by atoms with Crippen molar-refractivity contribution in [1.29, 1.82) is 0 Å². The van der Waals surface area contributed by atoms with E-state index in [9.17, 15) is 18.0 Å². The summed E-state index contributed by atoms with van der Waals surface area (Å²) in [5.74, 6) is -1.22. The Labute approximate surface area is 129 Å². The largest absolute Gasteiger partial charge is 0.452 e. The van der Waals surface area contributed by atoms with Gasteiger partial charge in [0.2, 0.25) is 5.76 Å². The molecule has 0 atom stereocenters. The molecular weight excluding hydrogens is 315 g/mol. The number of nitrogens with zero attached hydrogens (tertiary/aromatic N) is 1. The number of halogens is 3. The Balaban J connectivity index is 1.82. The number of carbonyl (C=O) groups is 1. The van der Waals surface area contributed by atoms with Gasteiger partial charge in [0.25, 0.3) is 0 Å². The number of aliphatic hydroxyl groups is 1. The maximum Gasteiger partial charge on any atom is 0.452 e. The second-order valence-electron chi connectivity index (χ2n) is 4.64. The molecule has 0 saturated carbocycles. The molecule has 2 amide bonds. The number of aromatic nitrogens is 1. The Morgan fingerprint density at radius 2 is 1.83 bits per heavy atom. The van der Waals surface area contributed by atoms with E-state index in [4.69, 9.17) is 5.11 Å². The number of rotatable bonds is 5. The molecule has 0 radical (unpaired) electrons. The lowest BCUT2D eigenvalue weighted by Crippen LogP contribution is -2.34. The number of amides is 2. The first kappa shape index (κ1) is 16.8. The highest BCUT2D eigenvalue weighted by atomic mass is 19.4. The van der Waals surface area contributed by atoms with Gasteiger partial charge in [-0.05, 0) is 11.1 Å². The fourth-order valence-electron chi connectivity index (χ4n) is 1.82. The van der Waals surface area contributed by atoms with Crippen molar-refractivity contribution in [2.75, 3.05) is 0 Å². The van der Waals surface area contributed by atoms with Crippen LogP contribution in [0.4, 0.5) is 18.0 Å². The maximum atomic E-state index is 12.3. The number of benzene rings is 1. The number of nitrogens with one attached hydrogen (secondary N) is 2. The number of alkyl halides is 3. The lowest BCUT2D eigenvalue weighted by atomic mass is 10.1. The summed E-state index contributed by atoms with van der Waals surface area (Å²) < 4.78 is 41.1. The minimum atomic E-state index is -4.61. The van der Waals surface area contributed by atoms with Crippen molar-refractivity contribution in [1.82, 2.24) is 15.8 Å². The van der Waals surface area contributed by atoms with Crippen LogP contribution in [0.15, 0.2) is 34.9 Å². The molecule has 0 aliphatic rings. The Hall–Kier alpha value is -2.55. The van der Waals surface area contributed by atoms with Gasteiger partial charge < -0.3 is 20.3 Å². The molecule has 2 aromatic rings. The summed E-state index contributed by atoms with van der Waals surface area (Å²) in [7, 11) is 0. The minimum Gasteiger partial charge on any atom is -0.392 e. The van der Waals surface area contributed by atoms with Crippen LogP contribution in [0.3, 0.4) is 0 Å². The molecule has 0 unspecified atom stereocenters. The van der Waals surface area contributed by atoms with Gasteiger partial charge >= 0.3 is 12.2 Å². The van der Waals surface area contributed by atoms with Crippen LogP contribution in [0.25, 0.3) is 0 Å². The normalized spacial score (nSPS) is 11.3. The fourth-order valence-corrected chi connectivity index (χ4v) is 1.82. The zero-order chi connectivity index (χ0) is 16.9. The van der Waals surface area contributed by atoms with E-state index in [-0.39, 0.29) is 25.4 Å². The molecule has 0 fully saturated rings. The lowest BCUT2D eigenvalue weighted by Gasteiger charge is -2.09. The van der Waals surface area contributed by atoms with Crippen molar-refractivity contribution >= 4 is 6.03 Å². The smallest absolute Gasteiger partial charge is 0.392 e. The SMILES string of the molecule is O=C(NCc1cc(C(F)(F)F)on1)NCc1ccccc1CO. The monoisotopic (exact) mass is 329 g/mol. The molecule has 1 aromatic heterocycles. The molecule has 0 aliphatic heterocycles. The first-order chi connectivity index (χ1) is 10.9. The number of carbonyl (C=O) groups excluding carboxylic acids is 1. The third kappa shape index (κ3) is 4.71. The van der Waals surface area contributed by atoms with Crippen molar-refractivity contribution in [2.24, 2.45) is 0 Å². The van der Waals surface area contributed by atoms with Crippen molar-refractivity contribution < 1.29 is 27.6 Å². The van der Waals surface area contributed by atoms with Gasteiger partial charge in [-0.25, -0.2) is 4.79 Å². The fraction of sp³-hybridized carbons (Fsp3) is 0.286. The average Bonchev–Trinajstić information content (AvgIpc) is 3.00. The quantitative estimate of drug-likeness (QED) is 0.785. The van der Waals surface area contributed by atoms with E-state index in [2.05, 4.69) is 20.3 Å². The second kappa shape index (κ2) is 7.14. The van der Waals surface area contributed by atoms with Crippen LogP contribution in [0.1, 0.15) is 22.6 Å². The van der Waals surface area contributed by atoms with E-state index in [1.165, 1.54) is 0 Å². The summed E-state index contributed by atoms with van der Waals surface area (Å²) in [6.07, 6.45) is -4.61. The van der Waals surface area contributed by atoms with E-state index in [1.54, 1.807) is 24.3 Å². The summed E-state index contributed by atoms with van der Waals surface area (Å²) in [6, 6.07) is 7.15. The highest BCUT2D eigenvalue weighted by molar-refractivity contribution is 5.73. The van der Waals surface area contributed by atoms with Gasteiger partial charge in [-0.1, -0.05) is 29.4 Å². The van der Waals surface area contributed by atoms with Gasteiger partial charge in [0.15, 0.2) is 0 Å². The zero-order valence-corrected chi connectivity index (χ0v) is 11.9. The summed E-state index contributed by atoms with van der Waals surface area (Å²) in [6.45, 7) is -0.180. The third-order valence-corrected chi connectivity index (χ3v) is 3.00. The molecule has 2 rings (SSSR count). The molecule has 0 aliphatic carbocycles. The second-order valence-corrected chi connectivity index (χ2v) is 4.64. The Kier molecular flexibility index (Phi) is 5.22. The van der Waals surface area contributed by atoms with E-state index in [0.29, 0.717) is 5.56 Å². The standard InChI is InChI=1S/C14H14F3N3O3/c15-14(16,17)12-5-11(20-23-12)7-19-13(22)18-6-9-3-1-2-4-10(9)8-21/h1-5,21H,6-8H2,(H2,18,19,22). The van der Waals surface area contributed by atoms with Crippen molar-refractivity contribution in [2.45, 2.75) is 25.9 Å². The molecule has 3 N–H and O–H groups in total. The van der Waals surface area contributed by atoms with Crippen molar-refractivity contribution in [3.8, 4) is 0 Å². The third-order valence-electron chi connectivity index (χ3n) is 3.00. The van der Waals surface area contributed by atoms with Crippen LogP contribution in [0, 0.1) is 0 Å². The molecule has 6 nitrogen and oxygen atoms in total. The Morgan fingerprint density at radius 1 is 1.17 bits per heavy atom. The highest BCUT2D eigenvalue weighted by Gasteiger charge is 2.36. The van der Waals surface area contributed by atoms with Crippen LogP contribution >= 0.6 is 0 Å². The minimum absolute atomic E-state index is 0.0387. The summed E-state index contributed by atoms with van der Waals surface area (Å²) >= 11 is 0. The van der Waals surface area contributed by atoms with Gasteiger partial charge in [0.1, 0.15) is 5.69 Å². The van der Waals surface area contributed by atoms with E-state index in [1.807, 2.05) is 0 Å². The van der Waals surface area contributed by atoms with Gasteiger partial charge in [-0.2, -0.15) is 13.2 Å². The lowest BCUT2D eigenvalue weighted by molar-refractivity contribution is -0.155. The first-order valence-corrected chi connectivity index (χ1v) is 6.62. The topological polar surface area (TPSA) is 87.4 Å². The van der Waals surface area contributed by atoms with E-state index in [0.717, 1.165) is 11.6 Å². The Morgan fingerprint density at radius 3 is 2.43 bits per heavy atom. The molecule has 0 saturated heterocycles. The van der Waals surface area contributed by atoms with Crippen molar-refractivity contribution in [3.05, 3.63) is 52.9 Å². The predicted molar refractivity (Wildman–Crippen MR) is 72.9 cm³/mol. The number of hydrogen-bond acceptors (Lipinski definition) is 4. The van der Waals surface area contributed by atoms with Crippen LogP contribution in [0.2, 0.25) is 0 Å². The number of hydrogen-bond donors (Lipinski definition) is 3. The average molecular weight is 329 g/mol. The van der Waals surface area contributed by atoms with Crippen molar-refractivity contribution in [3.63, 3.8) is 0 Å². The molecule has 1 heterocycles. The summed E-state index contributed by atoms with van der Waals surface area (Å²) in [5.41, 5.74) is 1.38. The zero-order valence-electron chi connectivity index (χ0n) is 11.9. The van der Waals surface area contributed by atoms with E-state index < -0.39 is 18.0 Å². The molecule has 9 heteroatoms. The predicted octanol–water partition coefficient (Wildman–Crippen LogP) is 2.19. The maximum absolute atomic E-state index is 12.3. The summed E-state index contributed by atoms with van der Waals surface area (Å²) in [5, 5.41) is 17.3. The molecule has 0 bridgehead atoms. The van der Waals surface area contributed by atoms with Gasteiger partial charge in [0, 0.05) is 12.6 Å². The summed E-state index contributed by atoms with van der Waals surface area (Å²) in [4.78, 5) is 11.6. The Bertz CT molecular complexity index is 671. The molecule has 0 spiro atoms. The van der Waals surface area contributed by atoms with Gasteiger partial charge in [-0.3, -0.25) is 0 Å². The number of urea groups is 1. The molecule has 1 aromatic carbocycles. The first-order valence-electron chi connectivity index (χ1n) is 6.62. The van der Waals surface area contributed by atoms with Crippen LogP contribution in [0.5, 0.6) is 0 Å². The van der Waals surface area contributed by atoms with E-state index >= 15 is 0 Å².